The van der Waals surface area contributed by atoms with Crippen LogP contribution in [0.2, 0.25) is 0 Å². The summed E-state index contributed by atoms with van der Waals surface area (Å²) in [5.41, 5.74) is 2.25. The number of aromatic amines is 1. The van der Waals surface area contributed by atoms with Crippen LogP contribution in [0.3, 0.4) is 0 Å². The van der Waals surface area contributed by atoms with E-state index in [0.717, 1.165) is 11.3 Å². The van der Waals surface area contributed by atoms with E-state index in [1.807, 2.05) is 6.92 Å². The van der Waals surface area contributed by atoms with E-state index < -0.39 is 12.0 Å². The molecule has 4 N–H and O–H groups in total. The van der Waals surface area contributed by atoms with E-state index in [4.69, 9.17) is 5.11 Å². The summed E-state index contributed by atoms with van der Waals surface area (Å²) in [6.07, 6.45) is 1.64. The molecular formula is C13H13BrN4O3. The van der Waals surface area contributed by atoms with Crippen molar-refractivity contribution in [3.63, 3.8) is 0 Å². The largest absolute Gasteiger partial charge is 0.478 e. The number of nitrogens with one attached hydrogen (secondary N) is 3. The van der Waals surface area contributed by atoms with Gasteiger partial charge in [-0.25, -0.2) is 9.59 Å². The number of aromatic carboxylic acids is 1. The molecule has 0 bridgehead atoms. The van der Waals surface area contributed by atoms with Crippen LogP contribution in [0.4, 0.5) is 10.5 Å². The van der Waals surface area contributed by atoms with Crippen molar-refractivity contribution >= 4 is 33.6 Å². The molecule has 2 aromatic rings. The smallest absolute Gasteiger partial charge is 0.336 e. The highest BCUT2D eigenvalue weighted by Crippen LogP contribution is 2.21. The minimum atomic E-state index is -1.07. The first-order chi connectivity index (χ1) is 9.97. The molecule has 0 radical (unpaired) electrons. The lowest BCUT2D eigenvalue weighted by Crippen LogP contribution is -2.28. The van der Waals surface area contributed by atoms with E-state index in [0.29, 0.717) is 16.7 Å². The average Bonchev–Trinajstić information content (AvgIpc) is 2.84. The number of rotatable bonds is 4. The fraction of sp³-hybridized carbons (Fsp3) is 0.154. The van der Waals surface area contributed by atoms with Gasteiger partial charge in [-0.05, 0) is 41.1 Å². The number of hydrogen-bond acceptors (Lipinski definition) is 3. The van der Waals surface area contributed by atoms with Crippen LogP contribution in [0.25, 0.3) is 0 Å². The zero-order valence-corrected chi connectivity index (χ0v) is 12.7. The molecular weight excluding hydrogens is 340 g/mol. The lowest BCUT2D eigenvalue weighted by atomic mass is 10.2. The first kappa shape index (κ1) is 15.0. The Bertz CT molecular complexity index is 684. The normalized spacial score (nSPS) is 10.2. The molecule has 1 aromatic heterocycles. The van der Waals surface area contributed by atoms with Gasteiger partial charge in [0, 0.05) is 28.0 Å². The zero-order valence-electron chi connectivity index (χ0n) is 11.1. The van der Waals surface area contributed by atoms with Crippen LogP contribution in [0, 0.1) is 6.92 Å². The highest BCUT2D eigenvalue weighted by molar-refractivity contribution is 9.10. The third kappa shape index (κ3) is 3.82. The monoisotopic (exact) mass is 352 g/mol. The van der Waals surface area contributed by atoms with Crippen molar-refractivity contribution in [2.24, 2.45) is 0 Å². The van der Waals surface area contributed by atoms with E-state index in [1.165, 1.54) is 6.07 Å². The quantitative estimate of drug-likeness (QED) is 0.677. The molecule has 0 aliphatic carbocycles. The van der Waals surface area contributed by atoms with Crippen LogP contribution in [-0.2, 0) is 6.54 Å². The number of carboxylic acid groups (broad SMARTS) is 1. The van der Waals surface area contributed by atoms with Gasteiger partial charge in [0.05, 0.1) is 11.8 Å². The number of aryl methyl sites for hydroxylation is 1. The number of amides is 2. The summed E-state index contributed by atoms with van der Waals surface area (Å²) in [4.78, 5) is 22.8. The molecule has 2 rings (SSSR count). The SMILES string of the molecule is Cc1[nH]ncc1CNC(=O)Nc1ccc(Br)c(C(=O)O)c1. The second kappa shape index (κ2) is 6.40. The lowest BCUT2D eigenvalue weighted by Gasteiger charge is -2.08. The van der Waals surface area contributed by atoms with Gasteiger partial charge in [-0.2, -0.15) is 5.10 Å². The molecule has 7 nitrogen and oxygen atoms in total. The second-order valence-electron chi connectivity index (χ2n) is 4.33. The third-order valence-corrected chi connectivity index (χ3v) is 3.52. The number of halogens is 1. The van der Waals surface area contributed by atoms with Crippen molar-refractivity contribution < 1.29 is 14.7 Å². The number of benzene rings is 1. The van der Waals surface area contributed by atoms with E-state index in [9.17, 15) is 9.59 Å². The molecule has 0 saturated carbocycles. The molecule has 2 amide bonds. The minimum Gasteiger partial charge on any atom is -0.478 e. The lowest BCUT2D eigenvalue weighted by molar-refractivity contribution is 0.0696. The Labute approximate surface area is 128 Å². The maximum Gasteiger partial charge on any atom is 0.336 e. The van der Waals surface area contributed by atoms with Crippen molar-refractivity contribution in [3.05, 3.63) is 45.7 Å². The standard InChI is InChI=1S/C13H13BrN4O3/c1-7-8(6-16-18-7)5-15-13(21)17-9-2-3-11(14)10(4-9)12(19)20/h2-4,6H,5H2,1H3,(H,16,18)(H,19,20)(H2,15,17,21). The summed E-state index contributed by atoms with van der Waals surface area (Å²) in [6, 6.07) is 4.14. The first-order valence-electron chi connectivity index (χ1n) is 6.04. The van der Waals surface area contributed by atoms with Crippen LogP contribution < -0.4 is 10.6 Å². The maximum absolute atomic E-state index is 11.8. The topological polar surface area (TPSA) is 107 Å². The van der Waals surface area contributed by atoms with Gasteiger partial charge in [0.2, 0.25) is 0 Å². The summed E-state index contributed by atoms with van der Waals surface area (Å²) < 4.78 is 0.454. The molecule has 0 aliphatic heterocycles. The van der Waals surface area contributed by atoms with Gasteiger partial charge < -0.3 is 15.7 Å². The fourth-order valence-corrected chi connectivity index (χ4v) is 2.09. The van der Waals surface area contributed by atoms with E-state index in [1.54, 1.807) is 18.3 Å². The van der Waals surface area contributed by atoms with Crippen molar-refractivity contribution in [1.29, 1.82) is 0 Å². The summed E-state index contributed by atoms with van der Waals surface area (Å²) in [6.45, 7) is 2.19. The highest BCUT2D eigenvalue weighted by Gasteiger charge is 2.10. The number of H-pyrrole nitrogens is 1. The molecule has 0 unspecified atom stereocenters. The fourth-order valence-electron chi connectivity index (χ4n) is 1.67. The van der Waals surface area contributed by atoms with Crippen LogP contribution in [0.5, 0.6) is 0 Å². The summed E-state index contributed by atoms with van der Waals surface area (Å²) in [7, 11) is 0. The number of aromatic nitrogens is 2. The predicted molar refractivity (Wildman–Crippen MR) is 80.3 cm³/mol. The van der Waals surface area contributed by atoms with Gasteiger partial charge in [0.25, 0.3) is 0 Å². The number of nitrogens with zero attached hydrogens (tertiary/aromatic N) is 1. The second-order valence-corrected chi connectivity index (χ2v) is 5.18. The van der Waals surface area contributed by atoms with Crippen LogP contribution in [-0.4, -0.2) is 27.3 Å². The Morgan fingerprint density at radius 3 is 2.81 bits per heavy atom. The molecule has 0 saturated heterocycles. The first-order valence-corrected chi connectivity index (χ1v) is 6.83. The van der Waals surface area contributed by atoms with Crippen molar-refractivity contribution in [3.8, 4) is 0 Å². The zero-order chi connectivity index (χ0) is 15.4. The van der Waals surface area contributed by atoms with Gasteiger partial charge in [-0.1, -0.05) is 0 Å². The molecule has 1 heterocycles. The Kier molecular flexibility index (Phi) is 4.59. The number of carboxylic acids is 1. The summed E-state index contributed by atoms with van der Waals surface area (Å²) in [5.74, 6) is -1.07. The number of anilines is 1. The molecule has 110 valence electrons. The molecule has 0 fully saturated rings. The van der Waals surface area contributed by atoms with Gasteiger partial charge >= 0.3 is 12.0 Å². The summed E-state index contributed by atoms with van der Waals surface area (Å²) >= 11 is 3.14. The van der Waals surface area contributed by atoms with Gasteiger partial charge in [0.15, 0.2) is 0 Å². The van der Waals surface area contributed by atoms with Gasteiger partial charge in [-0.15, -0.1) is 0 Å². The van der Waals surface area contributed by atoms with Crippen LogP contribution in [0.1, 0.15) is 21.6 Å². The Morgan fingerprint density at radius 1 is 1.43 bits per heavy atom. The Balaban J connectivity index is 1.98. The number of urea groups is 1. The average molecular weight is 353 g/mol. The van der Waals surface area contributed by atoms with Gasteiger partial charge in [-0.3, -0.25) is 5.10 Å². The summed E-state index contributed by atoms with van der Waals surface area (Å²) in [5, 5.41) is 20.9. The highest BCUT2D eigenvalue weighted by atomic mass is 79.9. The third-order valence-electron chi connectivity index (χ3n) is 2.83. The molecule has 1 aromatic carbocycles. The van der Waals surface area contributed by atoms with Crippen molar-refractivity contribution in [2.45, 2.75) is 13.5 Å². The van der Waals surface area contributed by atoms with Crippen molar-refractivity contribution in [2.75, 3.05) is 5.32 Å². The van der Waals surface area contributed by atoms with Gasteiger partial charge in [0.1, 0.15) is 0 Å². The van der Waals surface area contributed by atoms with Crippen LogP contribution >= 0.6 is 15.9 Å². The number of hydrogen-bond donors (Lipinski definition) is 4. The molecule has 0 aliphatic rings. The maximum atomic E-state index is 11.8. The molecule has 21 heavy (non-hydrogen) atoms. The predicted octanol–water partition coefficient (Wildman–Crippen LogP) is 2.50. The number of carbonyl (C=O) groups is 2. The Morgan fingerprint density at radius 2 is 2.19 bits per heavy atom. The van der Waals surface area contributed by atoms with Crippen molar-refractivity contribution in [1.82, 2.24) is 15.5 Å². The molecule has 0 atom stereocenters. The van der Waals surface area contributed by atoms with E-state index in [2.05, 4.69) is 36.8 Å². The van der Waals surface area contributed by atoms with E-state index >= 15 is 0 Å². The Hall–Kier alpha value is -2.35. The van der Waals surface area contributed by atoms with Crippen LogP contribution in [0.15, 0.2) is 28.9 Å². The minimum absolute atomic E-state index is 0.0819. The molecule has 0 spiro atoms. The molecule has 8 heteroatoms. The number of carbonyl (C=O) groups excluding carboxylic acids is 1. The van der Waals surface area contributed by atoms with E-state index in [-0.39, 0.29) is 5.56 Å².